The van der Waals surface area contributed by atoms with Gasteiger partial charge in [0, 0.05) is 25.5 Å². The van der Waals surface area contributed by atoms with Gasteiger partial charge < -0.3 is 15.4 Å². The number of benzene rings is 1. The first kappa shape index (κ1) is 23.4. The van der Waals surface area contributed by atoms with Gasteiger partial charge in [0.2, 0.25) is 5.91 Å². The van der Waals surface area contributed by atoms with Gasteiger partial charge in [0.25, 0.3) is 0 Å². The van der Waals surface area contributed by atoms with Gasteiger partial charge in [-0.15, -0.1) is 0 Å². The summed E-state index contributed by atoms with van der Waals surface area (Å²) in [5, 5.41) is 9.37. The first-order chi connectivity index (χ1) is 14.2. The summed E-state index contributed by atoms with van der Waals surface area (Å²) in [5.41, 5.74) is 1.86. The average molecular weight is 437 g/mol. The highest BCUT2D eigenvalue weighted by atomic mass is 32.2. The molecule has 0 saturated heterocycles. The Hall–Kier alpha value is -2.88. The van der Waals surface area contributed by atoms with Crippen LogP contribution in [0.25, 0.3) is 0 Å². The molecule has 9 nitrogen and oxygen atoms in total. The SMILES string of the molecule is Cc1cnn(CCCNC(=O)C(CCS(C)(=O)=O)NC(=O)OCc2ccccc2)c1. The minimum absolute atomic E-state index is 0.0382. The Balaban J connectivity index is 1.83. The maximum absolute atomic E-state index is 12.5. The fourth-order valence-electron chi connectivity index (χ4n) is 2.67. The number of hydrogen-bond donors (Lipinski definition) is 2. The zero-order valence-electron chi connectivity index (χ0n) is 17.2. The molecule has 0 saturated carbocycles. The summed E-state index contributed by atoms with van der Waals surface area (Å²) in [6.07, 6.45) is 4.57. The quantitative estimate of drug-likeness (QED) is 0.514. The van der Waals surface area contributed by atoms with Crippen LogP contribution in [0.3, 0.4) is 0 Å². The molecule has 0 aliphatic heterocycles. The topological polar surface area (TPSA) is 119 Å². The number of sulfone groups is 1. The number of hydrogen-bond acceptors (Lipinski definition) is 6. The number of ether oxygens (including phenoxy) is 1. The number of aromatic nitrogens is 2. The molecule has 2 N–H and O–H groups in total. The van der Waals surface area contributed by atoms with Crippen molar-refractivity contribution in [3.63, 3.8) is 0 Å². The number of carbonyl (C=O) groups excluding carboxylic acids is 2. The predicted molar refractivity (Wildman–Crippen MR) is 112 cm³/mol. The lowest BCUT2D eigenvalue weighted by Crippen LogP contribution is -2.48. The van der Waals surface area contributed by atoms with Crippen molar-refractivity contribution in [1.29, 1.82) is 0 Å². The van der Waals surface area contributed by atoms with E-state index in [2.05, 4.69) is 15.7 Å². The molecule has 1 atom stereocenters. The molecule has 1 aromatic heterocycles. The first-order valence-corrected chi connectivity index (χ1v) is 11.7. The number of rotatable bonds is 11. The second-order valence-electron chi connectivity index (χ2n) is 7.10. The van der Waals surface area contributed by atoms with Crippen molar-refractivity contribution < 1.29 is 22.7 Å². The normalized spacial score (nSPS) is 12.2. The number of nitrogens with zero attached hydrogens (tertiary/aromatic N) is 2. The van der Waals surface area contributed by atoms with E-state index in [4.69, 9.17) is 4.74 Å². The lowest BCUT2D eigenvalue weighted by molar-refractivity contribution is -0.123. The third-order valence-electron chi connectivity index (χ3n) is 4.22. The largest absolute Gasteiger partial charge is 0.445 e. The molecule has 1 aromatic carbocycles. The molecule has 0 fully saturated rings. The second kappa shape index (κ2) is 11.3. The Morgan fingerprint density at radius 3 is 2.60 bits per heavy atom. The van der Waals surface area contributed by atoms with E-state index in [1.807, 2.05) is 43.5 Å². The Labute approximate surface area is 176 Å². The van der Waals surface area contributed by atoms with E-state index in [1.54, 1.807) is 10.9 Å². The van der Waals surface area contributed by atoms with Crippen molar-refractivity contribution in [2.75, 3.05) is 18.6 Å². The zero-order valence-corrected chi connectivity index (χ0v) is 18.0. The lowest BCUT2D eigenvalue weighted by Gasteiger charge is -2.18. The van der Waals surface area contributed by atoms with Crippen LogP contribution in [0, 0.1) is 6.92 Å². The van der Waals surface area contributed by atoms with E-state index >= 15 is 0 Å². The van der Waals surface area contributed by atoms with Crippen molar-refractivity contribution in [2.24, 2.45) is 0 Å². The smallest absolute Gasteiger partial charge is 0.408 e. The summed E-state index contributed by atoms with van der Waals surface area (Å²) in [5.74, 6) is -0.677. The fraction of sp³-hybridized carbons (Fsp3) is 0.450. The molecule has 10 heteroatoms. The third-order valence-corrected chi connectivity index (χ3v) is 5.20. The van der Waals surface area contributed by atoms with Crippen LogP contribution < -0.4 is 10.6 Å². The number of alkyl carbamates (subject to hydrolysis) is 1. The van der Waals surface area contributed by atoms with Gasteiger partial charge >= 0.3 is 6.09 Å². The van der Waals surface area contributed by atoms with E-state index < -0.39 is 27.9 Å². The van der Waals surface area contributed by atoms with Gasteiger partial charge in [-0.25, -0.2) is 13.2 Å². The summed E-state index contributed by atoms with van der Waals surface area (Å²) in [7, 11) is -3.29. The summed E-state index contributed by atoms with van der Waals surface area (Å²) in [6.45, 7) is 3.00. The van der Waals surface area contributed by atoms with Gasteiger partial charge in [-0.3, -0.25) is 9.48 Å². The van der Waals surface area contributed by atoms with Crippen LogP contribution in [0.2, 0.25) is 0 Å². The van der Waals surface area contributed by atoms with Gasteiger partial charge in [-0.2, -0.15) is 5.10 Å². The predicted octanol–water partition coefficient (Wildman–Crippen LogP) is 1.43. The van der Waals surface area contributed by atoms with Crippen molar-refractivity contribution in [2.45, 2.75) is 39.0 Å². The summed E-state index contributed by atoms with van der Waals surface area (Å²) in [4.78, 5) is 24.6. The number of amides is 2. The Kier molecular flexibility index (Phi) is 8.85. The van der Waals surface area contributed by atoms with E-state index in [0.717, 1.165) is 17.4 Å². The van der Waals surface area contributed by atoms with Gasteiger partial charge in [-0.1, -0.05) is 30.3 Å². The second-order valence-corrected chi connectivity index (χ2v) is 9.36. The van der Waals surface area contributed by atoms with Crippen LogP contribution in [-0.2, 0) is 32.5 Å². The fourth-order valence-corrected chi connectivity index (χ4v) is 3.34. The van der Waals surface area contributed by atoms with Crippen LogP contribution in [0.4, 0.5) is 4.79 Å². The highest BCUT2D eigenvalue weighted by molar-refractivity contribution is 7.90. The lowest BCUT2D eigenvalue weighted by atomic mass is 10.2. The third kappa shape index (κ3) is 9.08. The Bertz CT molecular complexity index is 928. The molecule has 0 bridgehead atoms. The maximum Gasteiger partial charge on any atom is 0.408 e. The van der Waals surface area contributed by atoms with E-state index in [0.29, 0.717) is 19.5 Å². The highest BCUT2D eigenvalue weighted by Crippen LogP contribution is 2.03. The molecule has 0 aliphatic rings. The Morgan fingerprint density at radius 1 is 1.23 bits per heavy atom. The molecule has 1 heterocycles. The number of nitrogens with one attached hydrogen (secondary N) is 2. The zero-order chi connectivity index (χ0) is 22.0. The number of carbonyl (C=O) groups is 2. The molecule has 0 radical (unpaired) electrons. The molecule has 0 aliphatic carbocycles. The molecular formula is C20H28N4O5S. The van der Waals surface area contributed by atoms with Gasteiger partial charge in [0.15, 0.2) is 0 Å². The molecular weight excluding hydrogens is 408 g/mol. The van der Waals surface area contributed by atoms with Gasteiger partial charge in [-0.05, 0) is 30.9 Å². The Morgan fingerprint density at radius 2 is 1.97 bits per heavy atom. The highest BCUT2D eigenvalue weighted by Gasteiger charge is 2.23. The van der Waals surface area contributed by atoms with Crippen molar-refractivity contribution in [3.8, 4) is 0 Å². The van der Waals surface area contributed by atoms with Crippen LogP contribution in [0.1, 0.15) is 24.0 Å². The molecule has 2 aromatic rings. The van der Waals surface area contributed by atoms with Crippen molar-refractivity contribution >= 4 is 21.8 Å². The molecule has 1 unspecified atom stereocenters. The summed E-state index contributed by atoms with van der Waals surface area (Å²) < 4.78 is 29.9. The molecule has 164 valence electrons. The van der Waals surface area contributed by atoms with E-state index in [-0.39, 0.29) is 18.8 Å². The minimum atomic E-state index is -3.29. The molecule has 0 spiro atoms. The summed E-state index contributed by atoms with van der Waals surface area (Å²) >= 11 is 0. The van der Waals surface area contributed by atoms with E-state index in [9.17, 15) is 18.0 Å². The molecule has 2 amide bonds. The first-order valence-electron chi connectivity index (χ1n) is 9.64. The van der Waals surface area contributed by atoms with E-state index in [1.165, 1.54) is 0 Å². The average Bonchev–Trinajstić information content (AvgIpc) is 3.12. The molecule has 2 rings (SSSR count). The molecule has 30 heavy (non-hydrogen) atoms. The van der Waals surface area contributed by atoms with Crippen LogP contribution in [-0.4, -0.2) is 54.8 Å². The maximum atomic E-state index is 12.5. The van der Waals surface area contributed by atoms with Gasteiger partial charge in [0.1, 0.15) is 22.5 Å². The van der Waals surface area contributed by atoms with Crippen LogP contribution in [0.15, 0.2) is 42.7 Å². The minimum Gasteiger partial charge on any atom is -0.445 e. The summed E-state index contributed by atoms with van der Waals surface area (Å²) in [6, 6.07) is 8.11. The van der Waals surface area contributed by atoms with Crippen molar-refractivity contribution in [1.82, 2.24) is 20.4 Å². The van der Waals surface area contributed by atoms with Gasteiger partial charge in [0.05, 0.1) is 11.9 Å². The standard InChI is InChI=1S/C20H28N4O5S/c1-16-13-22-24(14-16)11-6-10-21-19(25)18(9-12-30(2,27)28)23-20(26)29-15-17-7-4-3-5-8-17/h3-5,7-8,13-14,18H,6,9-12,15H2,1-2H3,(H,21,25)(H,23,26). The monoisotopic (exact) mass is 436 g/mol. The number of aryl methyl sites for hydroxylation is 2. The van der Waals surface area contributed by atoms with Crippen LogP contribution in [0.5, 0.6) is 0 Å². The van der Waals surface area contributed by atoms with Crippen molar-refractivity contribution in [3.05, 3.63) is 53.9 Å². The van der Waals surface area contributed by atoms with Crippen LogP contribution >= 0.6 is 0 Å².